The van der Waals surface area contributed by atoms with Crippen LogP contribution in [0, 0.1) is 13.8 Å². The maximum Gasteiger partial charge on any atom is 0.326 e. The zero-order chi connectivity index (χ0) is 18.0. The molecule has 0 aliphatic carbocycles. The van der Waals surface area contributed by atoms with Crippen LogP contribution < -0.4 is 5.32 Å². The van der Waals surface area contributed by atoms with Gasteiger partial charge in [0.05, 0.1) is 5.39 Å². The molecule has 0 aliphatic rings. The van der Waals surface area contributed by atoms with Crippen LogP contribution in [-0.2, 0) is 4.79 Å². The summed E-state index contributed by atoms with van der Waals surface area (Å²) in [5, 5.41) is 13.5. The molecule has 0 saturated carbocycles. The number of aliphatic carboxylic acids is 1. The van der Waals surface area contributed by atoms with Gasteiger partial charge in [0.1, 0.15) is 22.5 Å². The highest BCUT2D eigenvalue weighted by Crippen LogP contribution is 2.40. The quantitative estimate of drug-likeness (QED) is 0.674. The van der Waals surface area contributed by atoms with E-state index in [1.807, 2.05) is 32.0 Å². The summed E-state index contributed by atoms with van der Waals surface area (Å²) in [7, 11) is 0. The molecule has 0 amide bonds. The molecule has 3 rings (SSSR count). The lowest BCUT2D eigenvalue weighted by atomic mass is 10.0. The van der Waals surface area contributed by atoms with Crippen LogP contribution in [-0.4, -0.2) is 27.1 Å². The van der Waals surface area contributed by atoms with Gasteiger partial charge in [-0.2, -0.15) is 0 Å². The topological polar surface area (TPSA) is 75.1 Å². The molecule has 2 N–H and O–H groups in total. The van der Waals surface area contributed by atoms with Gasteiger partial charge in [0.2, 0.25) is 0 Å². The zero-order valence-electron chi connectivity index (χ0n) is 14.5. The average molecular weight is 355 g/mol. The summed E-state index contributed by atoms with van der Waals surface area (Å²) in [4.78, 5) is 22.7. The van der Waals surface area contributed by atoms with Gasteiger partial charge in [-0.05, 0) is 25.8 Å². The van der Waals surface area contributed by atoms with Crippen molar-refractivity contribution in [2.45, 2.75) is 39.7 Å². The van der Waals surface area contributed by atoms with Gasteiger partial charge in [-0.1, -0.05) is 43.7 Å². The Labute approximate surface area is 150 Å². The van der Waals surface area contributed by atoms with E-state index in [1.54, 1.807) is 11.3 Å². The number of hydrogen-bond acceptors (Lipinski definition) is 5. The van der Waals surface area contributed by atoms with Crippen LogP contribution in [0.25, 0.3) is 21.3 Å². The lowest BCUT2D eigenvalue weighted by molar-refractivity contribution is -0.138. The van der Waals surface area contributed by atoms with Crippen molar-refractivity contribution in [1.29, 1.82) is 0 Å². The van der Waals surface area contributed by atoms with Gasteiger partial charge in [0.15, 0.2) is 0 Å². The fraction of sp³-hybridized carbons (Fsp3) is 0.316. The van der Waals surface area contributed by atoms with Crippen molar-refractivity contribution in [2.24, 2.45) is 0 Å². The molecule has 0 spiro atoms. The van der Waals surface area contributed by atoms with Gasteiger partial charge >= 0.3 is 5.97 Å². The van der Waals surface area contributed by atoms with E-state index in [1.165, 1.54) is 0 Å². The number of carbonyl (C=O) groups is 1. The number of carboxylic acid groups (broad SMARTS) is 1. The third kappa shape index (κ3) is 3.49. The molecule has 0 radical (unpaired) electrons. The summed E-state index contributed by atoms with van der Waals surface area (Å²) in [5.41, 5.74) is 2.16. The largest absolute Gasteiger partial charge is 0.480 e. The normalized spacial score (nSPS) is 12.3. The van der Waals surface area contributed by atoms with Crippen LogP contribution in [0.3, 0.4) is 0 Å². The number of nitrogens with zero attached hydrogens (tertiary/aromatic N) is 2. The van der Waals surface area contributed by atoms with Crippen molar-refractivity contribution in [1.82, 2.24) is 9.97 Å². The minimum Gasteiger partial charge on any atom is -0.480 e. The molecule has 2 aromatic heterocycles. The summed E-state index contributed by atoms with van der Waals surface area (Å²) in [5.74, 6) is 0.377. The molecule has 25 heavy (non-hydrogen) atoms. The van der Waals surface area contributed by atoms with Gasteiger partial charge in [0.25, 0.3) is 0 Å². The Balaban J connectivity index is 2.19. The second kappa shape index (κ2) is 7.19. The molecule has 0 saturated heterocycles. The first-order valence-electron chi connectivity index (χ1n) is 8.33. The number of carboxylic acids is 1. The number of benzene rings is 1. The fourth-order valence-electron chi connectivity index (χ4n) is 2.99. The number of nitrogens with one attached hydrogen (secondary N) is 1. The fourth-order valence-corrected chi connectivity index (χ4v) is 4.08. The summed E-state index contributed by atoms with van der Waals surface area (Å²) in [6.45, 7) is 5.87. The first-order valence-corrected chi connectivity index (χ1v) is 9.15. The van der Waals surface area contributed by atoms with E-state index < -0.39 is 12.0 Å². The molecular weight excluding hydrogens is 334 g/mol. The maximum atomic E-state index is 11.6. The maximum absolute atomic E-state index is 11.6. The molecule has 1 unspecified atom stereocenters. The number of aromatic nitrogens is 2. The molecular formula is C19H21N3O2S. The van der Waals surface area contributed by atoms with Gasteiger partial charge in [0, 0.05) is 10.4 Å². The van der Waals surface area contributed by atoms with Gasteiger partial charge in [-0.15, -0.1) is 11.3 Å². The first-order chi connectivity index (χ1) is 12.0. The Morgan fingerprint density at radius 2 is 1.96 bits per heavy atom. The number of thiophene rings is 1. The lowest BCUT2D eigenvalue weighted by Gasteiger charge is -2.16. The summed E-state index contributed by atoms with van der Waals surface area (Å²) >= 11 is 1.61. The summed E-state index contributed by atoms with van der Waals surface area (Å²) in [6.07, 6.45) is 1.33. The van der Waals surface area contributed by atoms with Crippen LogP contribution in [0.1, 0.15) is 30.5 Å². The monoisotopic (exact) mass is 355 g/mol. The minimum atomic E-state index is -0.862. The van der Waals surface area contributed by atoms with E-state index in [9.17, 15) is 9.90 Å². The third-order valence-electron chi connectivity index (χ3n) is 4.09. The van der Waals surface area contributed by atoms with Crippen molar-refractivity contribution in [3.05, 3.63) is 41.0 Å². The van der Waals surface area contributed by atoms with E-state index in [2.05, 4.69) is 34.3 Å². The van der Waals surface area contributed by atoms with E-state index in [-0.39, 0.29) is 0 Å². The predicted molar refractivity (Wildman–Crippen MR) is 102 cm³/mol. The first kappa shape index (κ1) is 17.4. The van der Waals surface area contributed by atoms with Crippen molar-refractivity contribution in [3.63, 3.8) is 0 Å². The molecule has 5 nitrogen and oxygen atoms in total. The highest BCUT2D eigenvalue weighted by atomic mass is 32.1. The lowest BCUT2D eigenvalue weighted by Crippen LogP contribution is -2.29. The number of fused-ring (bicyclic) bond motifs is 1. The SMILES string of the molecule is CCCC(Nc1nc(C)nc2sc(C)c(-c3ccccc3)c12)C(=O)O. The Hall–Kier alpha value is -2.47. The number of rotatable bonds is 6. The number of anilines is 1. The van der Waals surface area contributed by atoms with E-state index >= 15 is 0 Å². The molecule has 6 heteroatoms. The van der Waals surface area contributed by atoms with E-state index in [0.29, 0.717) is 18.1 Å². The molecule has 0 fully saturated rings. The molecule has 130 valence electrons. The van der Waals surface area contributed by atoms with Crippen LogP contribution in [0.5, 0.6) is 0 Å². The molecule has 1 atom stereocenters. The average Bonchev–Trinajstić information content (AvgIpc) is 2.90. The predicted octanol–water partition coefficient (Wildman–Crippen LogP) is 4.64. The third-order valence-corrected chi connectivity index (χ3v) is 5.09. The second-order valence-electron chi connectivity index (χ2n) is 6.02. The highest BCUT2D eigenvalue weighted by Gasteiger charge is 2.22. The number of aryl methyl sites for hydroxylation is 2. The molecule has 2 heterocycles. The molecule has 0 aliphatic heterocycles. The Kier molecular flexibility index (Phi) is 4.99. The van der Waals surface area contributed by atoms with Crippen LogP contribution in [0.4, 0.5) is 5.82 Å². The Morgan fingerprint density at radius 3 is 2.60 bits per heavy atom. The summed E-state index contributed by atoms with van der Waals surface area (Å²) < 4.78 is 0. The van der Waals surface area contributed by atoms with Crippen molar-refractivity contribution in [3.8, 4) is 11.1 Å². The Morgan fingerprint density at radius 1 is 1.24 bits per heavy atom. The van der Waals surface area contributed by atoms with E-state index in [4.69, 9.17) is 0 Å². The van der Waals surface area contributed by atoms with Crippen LogP contribution in [0.2, 0.25) is 0 Å². The van der Waals surface area contributed by atoms with E-state index in [0.717, 1.165) is 32.6 Å². The zero-order valence-corrected chi connectivity index (χ0v) is 15.4. The van der Waals surface area contributed by atoms with Crippen molar-refractivity contribution < 1.29 is 9.90 Å². The van der Waals surface area contributed by atoms with Gasteiger partial charge in [-0.25, -0.2) is 14.8 Å². The van der Waals surface area contributed by atoms with Gasteiger partial charge < -0.3 is 10.4 Å². The molecule has 1 aromatic carbocycles. The second-order valence-corrected chi connectivity index (χ2v) is 7.23. The summed E-state index contributed by atoms with van der Waals surface area (Å²) in [6, 6.07) is 9.42. The standard InChI is InChI=1S/C19H21N3O2S/c1-4-8-14(19(23)24)22-17-16-15(13-9-6-5-7-10-13)11(2)25-18(16)21-12(3)20-17/h5-7,9-10,14H,4,8H2,1-3H3,(H,23,24)(H,20,21,22). The Bertz CT molecular complexity index is 906. The number of hydrogen-bond donors (Lipinski definition) is 2. The highest BCUT2D eigenvalue weighted by molar-refractivity contribution is 7.19. The van der Waals surface area contributed by atoms with Gasteiger partial charge in [-0.3, -0.25) is 0 Å². The molecule has 0 bridgehead atoms. The van der Waals surface area contributed by atoms with Crippen LogP contribution in [0.15, 0.2) is 30.3 Å². The van der Waals surface area contributed by atoms with Crippen LogP contribution >= 0.6 is 11.3 Å². The van der Waals surface area contributed by atoms with Crippen molar-refractivity contribution >= 4 is 33.3 Å². The molecule has 3 aromatic rings. The minimum absolute atomic E-state index is 0.545. The smallest absolute Gasteiger partial charge is 0.326 e. The van der Waals surface area contributed by atoms with Crippen molar-refractivity contribution in [2.75, 3.05) is 5.32 Å².